The van der Waals surface area contributed by atoms with E-state index in [-0.39, 0.29) is 17.3 Å². The molecule has 0 aliphatic carbocycles. The quantitative estimate of drug-likeness (QED) is 0.735. The van der Waals surface area contributed by atoms with E-state index in [0.717, 1.165) is 11.3 Å². The lowest BCUT2D eigenvalue weighted by molar-refractivity contribution is 0.0943. The second-order valence-corrected chi connectivity index (χ2v) is 5.82. The number of aryl methyl sites for hydroxylation is 1. The largest absolute Gasteiger partial charge is 0.293 e. The summed E-state index contributed by atoms with van der Waals surface area (Å²) < 4.78 is 27.8. The van der Waals surface area contributed by atoms with Gasteiger partial charge in [0.2, 0.25) is 0 Å². The zero-order valence-corrected chi connectivity index (χ0v) is 11.8. The lowest BCUT2D eigenvalue weighted by Gasteiger charge is -2.05. The minimum atomic E-state index is -0.603. The molecule has 0 bridgehead atoms. The number of hydrogen-bond acceptors (Lipinski definition) is 2. The molecule has 0 unspecified atom stereocenters. The molecule has 0 N–H and O–H groups in total. The highest BCUT2D eigenvalue weighted by Crippen LogP contribution is 2.34. The molecule has 1 nitrogen and oxygen atoms in total. The van der Waals surface area contributed by atoms with Crippen molar-refractivity contribution in [3.8, 4) is 10.4 Å². The highest BCUT2D eigenvalue weighted by atomic mass is 32.1. The molecule has 0 spiro atoms. The monoisotopic (exact) mass is 280 g/mol. The van der Waals surface area contributed by atoms with E-state index in [1.165, 1.54) is 12.1 Å². The number of carbonyl (C=O) groups is 1. The predicted octanol–water partition coefficient (Wildman–Crippen LogP) is 4.84. The van der Waals surface area contributed by atoms with Crippen LogP contribution in [0.4, 0.5) is 8.78 Å². The third kappa shape index (κ3) is 2.59. The second-order valence-electron chi connectivity index (χ2n) is 4.74. The Kier molecular flexibility index (Phi) is 3.80. The summed E-state index contributed by atoms with van der Waals surface area (Å²) in [6.07, 6.45) is 0. The Hall–Kier alpha value is -1.55. The Morgan fingerprint density at radius 3 is 2.47 bits per heavy atom. The smallest absolute Gasteiger partial charge is 0.175 e. The van der Waals surface area contributed by atoms with Crippen molar-refractivity contribution in [3.05, 3.63) is 46.3 Å². The van der Waals surface area contributed by atoms with E-state index < -0.39 is 11.6 Å². The predicted molar refractivity (Wildman–Crippen MR) is 73.6 cm³/mol. The third-order valence-corrected chi connectivity index (χ3v) is 4.02. The topological polar surface area (TPSA) is 17.1 Å². The van der Waals surface area contributed by atoms with Crippen LogP contribution in [0.5, 0.6) is 0 Å². The Morgan fingerprint density at radius 2 is 1.84 bits per heavy atom. The zero-order valence-electron chi connectivity index (χ0n) is 11.0. The van der Waals surface area contributed by atoms with Crippen LogP contribution < -0.4 is 0 Å². The number of benzene rings is 1. The summed E-state index contributed by atoms with van der Waals surface area (Å²) in [6.45, 7) is 5.19. The molecule has 4 heteroatoms. The average Bonchev–Trinajstić information content (AvgIpc) is 2.82. The van der Waals surface area contributed by atoms with E-state index in [0.29, 0.717) is 15.3 Å². The molecule has 100 valence electrons. The highest BCUT2D eigenvalue weighted by molar-refractivity contribution is 7.17. The van der Waals surface area contributed by atoms with E-state index in [1.807, 2.05) is 0 Å². The van der Waals surface area contributed by atoms with Crippen molar-refractivity contribution in [2.45, 2.75) is 20.8 Å². The van der Waals surface area contributed by atoms with Gasteiger partial charge >= 0.3 is 0 Å². The van der Waals surface area contributed by atoms with Crippen LogP contribution in [0.25, 0.3) is 10.4 Å². The van der Waals surface area contributed by atoms with Crippen LogP contribution in [-0.2, 0) is 0 Å². The molecule has 0 amide bonds. The van der Waals surface area contributed by atoms with E-state index >= 15 is 0 Å². The first-order valence-corrected chi connectivity index (χ1v) is 6.82. The van der Waals surface area contributed by atoms with Gasteiger partial charge in [0, 0.05) is 10.8 Å². The minimum Gasteiger partial charge on any atom is -0.293 e. The van der Waals surface area contributed by atoms with Crippen molar-refractivity contribution in [2.24, 2.45) is 5.92 Å². The van der Waals surface area contributed by atoms with Gasteiger partial charge in [0.1, 0.15) is 11.6 Å². The first-order valence-electron chi connectivity index (χ1n) is 6.01. The molecule has 1 aromatic heterocycles. The number of thiophene rings is 1. The molecule has 1 aromatic carbocycles. The maximum absolute atomic E-state index is 14.0. The summed E-state index contributed by atoms with van der Waals surface area (Å²) >= 11 is 1.13. The Balaban J connectivity index is 2.50. The highest BCUT2D eigenvalue weighted by Gasteiger charge is 2.18. The summed E-state index contributed by atoms with van der Waals surface area (Å²) in [5.41, 5.74) is 0.342. The van der Waals surface area contributed by atoms with Gasteiger partial charge in [-0.1, -0.05) is 19.9 Å². The molecule has 2 aromatic rings. The molecule has 0 radical (unpaired) electrons. The number of Topliss-reactive ketones (excluding diaryl/α,β-unsaturated/α-hetero) is 1. The summed E-state index contributed by atoms with van der Waals surface area (Å²) in [5, 5.41) is 0. The molecular formula is C15H14F2OS. The average molecular weight is 280 g/mol. The number of carbonyl (C=O) groups excluding carboxylic acids is 1. The molecule has 0 aliphatic heterocycles. The number of rotatable bonds is 3. The van der Waals surface area contributed by atoms with Gasteiger partial charge in [0.05, 0.1) is 10.4 Å². The Morgan fingerprint density at radius 1 is 1.16 bits per heavy atom. The first kappa shape index (κ1) is 13.9. The summed E-state index contributed by atoms with van der Waals surface area (Å²) in [4.78, 5) is 12.8. The van der Waals surface area contributed by atoms with Gasteiger partial charge in [-0.15, -0.1) is 11.3 Å². The molecule has 1 heterocycles. The molecule has 19 heavy (non-hydrogen) atoms. The van der Waals surface area contributed by atoms with Crippen molar-refractivity contribution in [3.63, 3.8) is 0 Å². The van der Waals surface area contributed by atoms with Crippen LogP contribution in [0.15, 0.2) is 24.3 Å². The van der Waals surface area contributed by atoms with Gasteiger partial charge in [-0.3, -0.25) is 4.79 Å². The first-order chi connectivity index (χ1) is 8.91. The molecule has 0 aliphatic rings. The summed E-state index contributed by atoms with van der Waals surface area (Å²) in [5.74, 6) is -1.30. The second kappa shape index (κ2) is 5.21. The molecule has 0 atom stereocenters. The standard InChI is InChI=1S/C15H14F2OS/c1-8(2)15(18)12-7-6-11(19-12)13-10(16)5-4-9(3)14(13)17/h4-8H,1-3H3. The van der Waals surface area contributed by atoms with Gasteiger partial charge in [-0.25, -0.2) is 8.78 Å². The number of ketones is 1. The fourth-order valence-corrected chi connectivity index (χ4v) is 2.91. The summed E-state index contributed by atoms with van der Waals surface area (Å²) in [6, 6.07) is 5.88. The van der Waals surface area contributed by atoms with Crippen molar-refractivity contribution in [1.82, 2.24) is 0 Å². The van der Waals surface area contributed by atoms with Crippen molar-refractivity contribution in [2.75, 3.05) is 0 Å². The zero-order chi connectivity index (χ0) is 14.2. The van der Waals surface area contributed by atoms with Crippen molar-refractivity contribution >= 4 is 17.1 Å². The molecule has 2 rings (SSSR count). The molecular weight excluding hydrogens is 266 g/mol. The van der Waals surface area contributed by atoms with Crippen LogP contribution >= 0.6 is 11.3 Å². The van der Waals surface area contributed by atoms with Crippen LogP contribution in [0.3, 0.4) is 0 Å². The van der Waals surface area contributed by atoms with E-state index in [2.05, 4.69) is 0 Å². The minimum absolute atomic E-state index is 0.00952. The van der Waals surface area contributed by atoms with Crippen LogP contribution in [0.1, 0.15) is 29.1 Å². The van der Waals surface area contributed by atoms with E-state index in [9.17, 15) is 13.6 Å². The lowest BCUT2D eigenvalue weighted by Crippen LogP contribution is -2.04. The Labute approximate surface area is 114 Å². The van der Waals surface area contributed by atoms with Gasteiger partial charge in [0.15, 0.2) is 5.78 Å². The van der Waals surface area contributed by atoms with Gasteiger partial charge in [-0.2, -0.15) is 0 Å². The number of halogens is 2. The number of hydrogen-bond donors (Lipinski definition) is 0. The maximum Gasteiger partial charge on any atom is 0.175 e. The fraction of sp³-hybridized carbons (Fsp3) is 0.267. The Bertz CT molecular complexity index is 629. The van der Waals surface area contributed by atoms with Crippen molar-refractivity contribution < 1.29 is 13.6 Å². The van der Waals surface area contributed by atoms with Crippen LogP contribution in [-0.4, -0.2) is 5.78 Å². The van der Waals surface area contributed by atoms with E-state index in [4.69, 9.17) is 0 Å². The SMILES string of the molecule is Cc1ccc(F)c(-c2ccc(C(=O)C(C)C)s2)c1F. The maximum atomic E-state index is 14.0. The lowest BCUT2D eigenvalue weighted by atomic mass is 10.1. The van der Waals surface area contributed by atoms with E-state index in [1.54, 1.807) is 32.9 Å². The van der Waals surface area contributed by atoms with Gasteiger partial charge in [-0.05, 0) is 30.7 Å². The van der Waals surface area contributed by atoms with Crippen LogP contribution in [0, 0.1) is 24.5 Å². The molecule has 0 fully saturated rings. The summed E-state index contributed by atoms with van der Waals surface area (Å²) in [7, 11) is 0. The fourth-order valence-electron chi connectivity index (χ4n) is 1.77. The normalized spacial score (nSPS) is 11.1. The molecule has 0 saturated carbocycles. The van der Waals surface area contributed by atoms with Gasteiger partial charge in [0.25, 0.3) is 0 Å². The molecule has 0 saturated heterocycles. The van der Waals surface area contributed by atoms with Gasteiger partial charge < -0.3 is 0 Å². The van der Waals surface area contributed by atoms with Crippen molar-refractivity contribution in [1.29, 1.82) is 0 Å². The van der Waals surface area contributed by atoms with Crippen LogP contribution in [0.2, 0.25) is 0 Å². The third-order valence-electron chi connectivity index (χ3n) is 2.90.